The zero-order chi connectivity index (χ0) is 19.4. The van der Waals surface area contributed by atoms with E-state index < -0.39 is 17.8 Å². The number of carboxylic acid groups (broad SMARTS) is 1. The van der Waals surface area contributed by atoms with Gasteiger partial charge in [-0.25, -0.2) is 13.9 Å². The highest BCUT2D eigenvalue weighted by Crippen LogP contribution is 2.24. The largest absolute Gasteiger partial charge is 0.481 e. The predicted molar refractivity (Wildman–Crippen MR) is 93.8 cm³/mol. The predicted octanol–water partition coefficient (Wildman–Crippen LogP) is 2.65. The average molecular weight is 371 g/mol. The highest BCUT2D eigenvalue weighted by atomic mass is 19.1. The van der Waals surface area contributed by atoms with Crippen LogP contribution in [-0.4, -0.2) is 32.9 Å². The van der Waals surface area contributed by atoms with E-state index in [0.29, 0.717) is 25.7 Å². The van der Waals surface area contributed by atoms with Crippen LogP contribution in [0.4, 0.5) is 15.0 Å². The Kier molecular flexibility index (Phi) is 5.35. The lowest BCUT2D eigenvalue weighted by Crippen LogP contribution is -2.41. The first-order valence-electron chi connectivity index (χ1n) is 8.53. The third-order valence-corrected chi connectivity index (χ3v) is 4.59. The molecule has 2 aromatic rings. The lowest BCUT2D eigenvalue weighted by Gasteiger charge is -2.26. The summed E-state index contributed by atoms with van der Waals surface area (Å²) in [6.07, 6.45) is 3.79. The SMILES string of the molecule is N#Cc1c(F)cccc1-n1ccc(NC(=O)NC2CCC(C(=O)O)CC2)n1. The minimum Gasteiger partial charge on any atom is -0.481 e. The van der Waals surface area contributed by atoms with Gasteiger partial charge < -0.3 is 10.4 Å². The van der Waals surface area contributed by atoms with E-state index in [1.165, 1.54) is 29.1 Å². The number of nitrogens with one attached hydrogen (secondary N) is 2. The Morgan fingerprint density at radius 2 is 2.00 bits per heavy atom. The number of amides is 2. The van der Waals surface area contributed by atoms with Gasteiger partial charge in [0.2, 0.25) is 0 Å². The van der Waals surface area contributed by atoms with Crippen LogP contribution in [0.1, 0.15) is 31.2 Å². The van der Waals surface area contributed by atoms with Gasteiger partial charge in [0.15, 0.2) is 5.82 Å². The lowest BCUT2D eigenvalue weighted by atomic mass is 9.86. The van der Waals surface area contributed by atoms with Crippen LogP contribution in [0.3, 0.4) is 0 Å². The van der Waals surface area contributed by atoms with Gasteiger partial charge in [-0.05, 0) is 37.8 Å². The Bertz CT molecular complexity index is 897. The number of carboxylic acids is 1. The Morgan fingerprint density at radius 3 is 2.67 bits per heavy atom. The summed E-state index contributed by atoms with van der Waals surface area (Å²) in [5, 5.41) is 27.6. The summed E-state index contributed by atoms with van der Waals surface area (Å²) in [5.74, 6) is -1.53. The lowest BCUT2D eigenvalue weighted by molar-refractivity contribution is -0.142. The third kappa shape index (κ3) is 4.23. The normalized spacial score (nSPS) is 19.1. The van der Waals surface area contributed by atoms with E-state index in [1.54, 1.807) is 12.1 Å². The maximum Gasteiger partial charge on any atom is 0.320 e. The summed E-state index contributed by atoms with van der Waals surface area (Å²) in [7, 11) is 0. The number of nitriles is 1. The number of hydrogen-bond acceptors (Lipinski definition) is 4. The van der Waals surface area contributed by atoms with Crippen molar-refractivity contribution in [2.45, 2.75) is 31.7 Å². The zero-order valence-corrected chi connectivity index (χ0v) is 14.4. The molecule has 1 heterocycles. The molecule has 9 heteroatoms. The highest BCUT2D eigenvalue weighted by Gasteiger charge is 2.26. The van der Waals surface area contributed by atoms with Gasteiger partial charge in [-0.3, -0.25) is 10.1 Å². The van der Waals surface area contributed by atoms with Gasteiger partial charge in [0.1, 0.15) is 17.4 Å². The molecular formula is C18H18FN5O3. The number of nitrogens with zero attached hydrogens (tertiary/aromatic N) is 3. The van der Waals surface area contributed by atoms with Crippen LogP contribution in [-0.2, 0) is 4.79 Å². The fourth-order valence-corrected chi connectivity index (χ4v) is 3.16. The fraction of sp³-hybridized carbons (Fsp3) is 0.333. The molecule has 0 atom stereocenters. The summed E-state index contributed by atoms with van der Waals surface area (Å²) in [5.41, 5.74) is 0.143. The monoisotopic (exact) mass is 371 g/mol. The van der Waals surface area contributed by atoms with Crippen LogP contribution < -0.4 is 10.6 Å². The molecule has 27 heavy (non-hydrogen) atoms. The van der Waals surface area contributed by atoms with Crippen molar-refractivity contribution in [1.82, 2.24) is 15.1 Å². The molecule has 0 saturated heterocycles. The number of hydrogen-bond donors (Lipinski definition) is 3. The molecular weight excluding hydrogens is 353 g/mol. The molecule has 0 aliphatic heterocycles. The van der Waals surface area contributed by atoms with Crippen LogP contribution in [0, 0.1) is 23.1 Å². The van der Waals surface area contributed by atoms with Crippen LogP contribution in [0.15, 0.2) is 30.5 Å². The summed E-state index contributed by atoms with van der Waals surface area (Å²) in [6, 6.07) is 7.02. The van der Waals surface area contributed by atoms with Crippen LogP contribution >= 0.6 is 0 Å². The molecule has 1 saturated carbocycles. The molecule has 1 fully saturated rings. The highest BCUT2D eigenvalue weighted by molar-refractivity contribution is 5.88. The summed E-state index contributed by atoms with van der Waals surface area (Å²) in [6.45, 7) is 0. The number of carbonyl (C=O) groups is 2. The van der Waals surface area contributed by atoms with E-state index in [9.17, 15) is 14.0 Å². The molecule has 140 valence electrons. The summed E-state index contributed by atoms with van der Waals surface area (Å²) in [4.78, 5) is 23.1. The molecule has 0 unspecified atom stereocenters. The molecule has 0 spiro atoms. The van der Waals surface area contributed by atoms with Crippen molar-refractivity contribution < 1.29 is 19.1 Å². The third-order valence-electron chi connectivity index (χ3n) is 4.59. The number of aromatic nitrogens is 2. The maximum absolute atomic E-state index is 13.7. The molecule has 3 N–H and O–H groups in total. The van der Waals surface area contributed by atoms with Gasteiger partial charge in [-0.2, -0.15) is 5.26 Å². The van der Waals surface area contributed by atoms with Crippen LogP contribution in [0.5, 0.6) is 0 Å². The summed E-state index contributed by atoms with van der Waals surface area (Å²) >= 11 is 0. The minimum atomic E-state index is -0.794. The van der Waals surface area contributed by atoms with Crippen LogP contribution in [0.2, 0.25) is 0 Å². The minimum absolute atomic E-state index is 0.0869. The Hall–Kier alpha value is -3.41. The van der Waals surface area contributed by atoms with Crippen molar-refractivity contribution >= 4 is 17.8 Å². The van der Waals surface area contributed by atoms with Gasteiger partial charge in [-0.15, -0.1) is 5.10 Å². The summed E-state index contributed by atoms with van der Waals surface area (Å²) < 4.78 is 15.0. The average Bonchev–Trinajstić information content (AvgIpc) is 3.10. The number of aliphatic carboxylic acids is 1. The fourth-order valence-electron chi connectivity index (χ4n) is 3.16. The van der Waals surface area contributed by atoms with Gasteiger partial charge in [0.05, 0.1) is 11.6 Å². The van der Waals surface area contributed by atoms with Gasteiger partial charge >= 0.3 is 12.0 Å². The van der Waals surface area contributed by atoms with Crippen molar-refractivity contribution in [3.8, 4) is 11.8 Å². The second-order valence-electron chi connectivity index (χ2n) is 6.38. The van der Waals surface area contributed by atoms with E-state index in [4.69, 9.17) is 10.4 Å². The first-order chi connectivity index (χ1) is 13.0. The van der Waals surface area contributed by atoms with E-state index in [2.05, 4.69) is 15.7 Å². The Labute approximate surface area is 154 Å². The molecule has 1 aromatic carbocycles. The Balaban J connectivity index is 1.60. The molecule has 0 bridgehead atoms. The molecule has 2 amide bonds. The second kappa shape index (κ2) is 7.86. The van der Waals surface area contributed by atoms with Crippen molar-refractivity contribution in [3.05, 3.63) is 41.8 Å². The zero-order valence-electron chi connectivity index (χ0n) is 14.4. The Morgan fingerprint density at radius 1 is 1.26 bits per heavy atom. The second-order valence-corrected chi connectivity index (χ2v) is 6.38. The van der Waals surface area contributed by atoms with E-state index in [1.807, 2.05) is 0 Å². The van der Waals surface area contributed by atoms with Gasteiger partial charge in [0.25, 0.3) is 0 Å². The van der Waals surface area contributed by atoms with Crippen LogP contribution in [0.25, 0.3) is 5.69 Å². The molecule has 1 aromatic heterocycles. The van der Waals surface area contributed by atoms with Gasteiger partial charge in [0, 0.05) is 18.3 Å². The molecule has 3 rings (SSSR count). The number of rotatable bonds is 4. The number of halogens is 1. The smallest absolute Gasteiger partial charge is 0.320 e. The topological polar surface area (TPSA) is 120 Å². The van der Waals surface area contributed by atoms with Gasteiger partial charge in [-0.1, -0.05) is 6.07 Å². The van der Waals surface area contributed by atoms with E-state index in [0.717, 1.165) is 0 Å². The quantitative estimate of drug-likeness (QED) is 0.763. The molecule has 8 nitrogen and oxygen atoms in total. The van der Waals surface area contributed by atoms with Crippen molar-refractivity contribution in [2.24, 2.45) is 5.92 Å². The number of anilines is 1. The first-order valence-corrected chi connectivity index (χ1v) is 8.53. The van der Waals surface area contributed by atoms with E-state index >= 15 is 0 Å². The van der Waals surface area contributed by atoms with E-state index in [-0.39, 0.29) is 29.0 Å². The first kappa shape index (κ1) is 18.4. The van der Waals surface area contributed by atoms with Crippen molar-refractivity contribution in [3.63, 3.8) is 0 Å². The standard InChI is InChI=1S/C18H18FN5O3/c19-14-2-1-3-15(13(14)10-20)24-9-8-16(23-24)22-18(27)21-12-6-4-11(5-7-12)17(25)26/h1-3,8-9,11-12H,4-7H2,(H,25,26)(H2,21,22,23,27). The maximum atomic E-state index is 13.7. The molecule has 1 aliphatic carbocycles. The number of carbonyl (C=O) groups excluding carboxylic acids is 1. The number of benzene rings is 1. The van der Waals surface area contributed by atoms with Crippen molar-refractivity contribution in [1.29, 1.82) is 5.26 Å². The molecule has 1 aliphatic rings. The number of urea groups is 1. The molecule has 0 radical (unpaired) electrons. The van der Waals surface area contributed by atoms with Crippen molar-refractivity contribution in [2.75, 3.05) is 5.32 Å².